The number of oxime groups is 1. The summed E-state index contributed by atoms with van der Waals surface area (Å²) >= 11 is 0. The second kappa shape index (κ2) is 4.48. The van der Waals surface area contributed by atoms with Crippen LogP contribution in [-0.2, 0) is 11.3 Å². The Morgan fingerprint density at radius 3 is 3.00 bits per heavy atom. The average molecular weight is 285 g/mol. The molecule has 0 spiro atoms. The fourth-order valence-electron chi connectivity index (χ4n) is 4.17. The minimum atomic E-state index is 0.0183. The number of rotatable bonds is 0. The van der Waals surface area contributed by atoms with E-state index in [-0.39, 0.29) is 17.7 Å². The van der Waals surface area contributed by atoms with Gasteiger partial charge in [-0.1, -0.05) is 12.1 Å². The Hall–Kier alpha value is -2.04. The maximum Gasteiger partial charge on any atom is 0.166 e. The first-order valence-corrected chi connectivity index (χ1v) is 7.62. The molecule has 2 aliphatic heterocycles. The Kier molecular flexibility index (Phi) is 2.71. The molecular weight excluding hydrogens is 266 g/mol. The number of nitrogens with zero attached hydrogens (tertiary/aromatic N) is 3. The lowest BCUT2D eigenvalue weighted by molar-refractivity contribution is -0.116. The number of fused-ring (bicyclic) bond motifs is 4. The van der Waals surface area contributed by atoms with Gasteiger partial charge in [-0.15, -0.1) is 0 Å². The van der Waals surface area contributed by atoms with Gasteiger partial charge in [-0.3, -0.25) is 4.79 Å². The number of Topliss-reactive ketones (excluding diaryl/α,β-unsaturated/α-hetero) is 1. The molecule has 21 heavy (non-hydrogen) atoms. The molecule has 1 aromatic rings. The van der Waals surface area contributed by atoms with E-state index in [0.717, 1.165) is 31.6 Å². The molecule has 5 nitrogen and oxygen atoms in total. The Morgan fingerprint density at radius 2 is 2.19 bits per heavy atom. The molecule has 1 aliphatic carbocycles. The van der Waals surface area contributed by atoms with E-state index in [1.807, 2.05) is 0 Å². The van der Waals surface area contributed by atoms with Crippen LogP contribution in [0.25, 0.3) is 0 Å². The zero-order valence-corrected chi connectivity index (χ0v) is 12.1. The highest BCUT2D eigenvalue weighted by Gasteiger charge is 2.44. The summed E-state index contributed by atoms with van der Waals surface area (Å²) < 4.78 is 2.27. The summed E-state index contributed by atoms with van der Waals surface area (Å²) in [5.74, 6) is 0.153. The summed E-state index contributed by atoms with van der Waals surface area (Å²) in [6, 6.07) is 4.37. The highest BCUT2D eigenvalue weighted by Crippen LogP contribution is 2.44. The van der Waals surface area contributed by atoms with Crippen molar-refractivity contribution in [2.75, 3.05) is 6.54 Å². The summed E-state index contributed by atoms with van der Waals surface area (Å²) in [5, 5.41) is 13.0. The van der Waals surface area contributed by atoms with Crippen LogP contribution < -0.4 is 0 Å². The number of hydrogen-bond donors (Lipinski definition) is 1. The standard InChI is InChI=1S/C16H19N3O2/c1-10-15(17-21)14-11(4-2-6-13(14)20)19-9-8-18-7-3-5-12(18)16(10)19/h3,5,7,10,16,21H,2,4,6,8-9H2,1H3/b17-15+. The van der Waals surface area contributed by atoms with Gasteiger partial charge in [-0.2, -0.15) is 0 Å². The lowest BCUT2D eigenvalue weighted by atomic mass is 9.77. The number of carbonyl (C=O) groups excluding carboxylic acids is 1. The van der Waals surface area contributed by atoms with Crippen molar-refractivity contribution < 1.29 is 10.0 Å². The van der Waals surface area contributed by atoms with Gasteiger partial charge in [0, 0.05) is 43.0 Å². The topological polar surface area (TPSA) is 57.8 Å². The SMILES string of the molecule is CC1/C(=N\O)C2=C(CCCC2=O)N2CCn3cccc3C12. The van der Waals surface area contributed by atoms with E-state index in [0.29, 0.717) is 17.7 Å². The number of carbonyl (C=O) groups is 1. The van der Waals surface area contributed by atoms with E-state index in [2.05, 4.69) is 39.9 Å². The van der Waals surface area contributed by atoms with Crippen LogP contribution in [0.5, 0.6) is 0 Å². The fraction of sp³-hybridized carbons (Fsp3) is 0.500. The highest BCUT2D eigenvalue weighted by molar-refractivity contribution is 6.24. The minimum absolute atomic E-state index is 0.0183. The van der Waals surface area contributed by atoms with E-state index >= 15 is 0 Å². The van der Waals surface area contributed by atoms with E-state index in [1.165, 1.54) is 5.69 Å². The van der Waals surface area contributed by atoms with Crippen LogP contribution in [0.2, 0.25) is 0 Å². The van der Waals surface area contributed by atoms with Crippen LogP contribution in [0.1, 0.15) is 37.9 Å². The molecule has 0 saturated heterocycles. The first kappa shape index (κ1) is 12.7. The van der Waals surface area contributed by atoms with Crippen molar-refractivity contribution in [3.8, 4) is 0 Å². The normalized spacial score (nSPS) is 30.2. The van der Waals surface area contributed by atoms with Crippen LogP contribution in [0.15, 0.2) is 34.8 Å². The summed E-state index contributed by atoms with van der Waals surface area (Å²) in [4.78, 5) is 14.7. The van der Waals surface area contributed by atoms with Gasteiger partial charge in [0.15, 0.2) is 5.78 Å². The van der Waals surface area contributed by atoms with Crippen LogP contribution >= 0.6 is 0 Å². The Morgan fingerprint density at radius 1 is 1.33 bits per heavy atom. The quantitative estimate of drug-likeness (QED) is 0.588. The van der Waals surface area contributed by atoms with Crippen LogP contribution in [-0.4, -0.2) is 32.7 Å². The summed E-state index contributed by atoms with van der Waals surface area (Å²) in [7, 11) is 0. The Balaban J connectivity index is 1.91. The molecule has 0 saturated carbocycles. The third kappa shape index (κ3) is 1.63. The van der Waals surface area contributed by atoms with E-state index in [9.17, 15) is 10.0 Å². The lowest BCUT2D eigenvalue weighted by Gasteiger charge is -2.48. The van der Waals surface area contributed by atoms with Gasteiger partial charge in [0.05, 0.1) is 17.3 Å². The molecule has 2 atom stereocenters. The summed E-state index contributed by atoms with van der Waals surface area (Å²) in [6.07, 6.45) is 4.48. The van der Waals surface area contributed by atoms with Gasteiger partial charge < -0.3 is 14.7 Å². The number of allylic oxidation sites excluding steroid dienone is 2. The molecule has 1 N–H and O–H groups in total. The van der Waals surface area contributed by atoms with Crippen molar-refractivity contribution in [2.45, 2.75) is 38.8 Å². The second-order valence-corrected chi connectivity index (χ2v) is 6.14. The number of aromatic nitrogens is 1. The molecule has 3 aliphatic rings. The molecule has 0 fully saturated rings. The monoisotopic (exact) mass is 285 g/mol. The van der Waals surface area contributed by atoms with Gasteiger partial charge in [0.1, 0.15) is 0 Å². The van der Waals surface area contributed by atoms with Crippen LogP contribution in [0, 0.1) is 5.92 Å². The maximum atomic E-state index is 12.3. The predicted octanol–water partition coefficient (Wildman–Crippen LogP) is 2.33. The van der Waals surface area contributed by atoms with Crippen molar-refractivity contribution >= 4 is 11.5 Å². The molecular formula is C16H19N3O2. The van der Waals surface area contributed by atoms with Gasteiger partial charge in [0.2, 0.25) is 0 Å². The van der Waals surface area contributed by atoms with Gasteiger partial charge in [-0.25, -0.2) is 0 Å². The number of hydrogen-bond acceptors (Lipinski definition) is 4. The lowest BCUT2D eigenvalue weighted by Crippen LogP contribution is -2.48. The van der Waals surface area contributed by atoms with E-state index < -0.39 is 0 Å². The van der Waals surface area contributed by atoms with Crippen molar-refractivity contribution in [3.05, 3.63) is 35.3 Å². The molecule has 0 bridgehead atoms. The molecule has 5 heteroatoms. The number of ketones is 1. The first-order chi connectivity index (χ1) is 10.2. The Labute approximate surface area is 123 Å². The minimum Gasteiger partial charge on any atom is -0.411 e. The van der Waals surface area contributed by atoms with Gasteiger partial charge in [0.25, 0.3) is 0 Å². The van der Waals surface area contributed by atoms with E-state index in [1.54, 1.807) is 0 Å². The van der Waals surface area contributed by atoms with Gasteiger partial charge >= 0.3 is 0 Å². The largest absolute Gasteiger partial charge is 0.411 e. The van der Waals surface area contributed by atoms with Crippen molar-refractivity contribution in [3.63, 3.8) is 0 Å². The molecule has 110 valence electrons. The predicted molar refractivity (Wildman–Crippen MR) is 78.1 cm³/mol. The van der Waals surface area contributed by atoms with E-state index in [4.69, 9.17) is 0 Å². The Bertz CT molecular complexity index is 671. The summed E-state index contributed by atoms with van der Waals surface area (Å²) in [5.41, 5.74) is 3.60. The third-order valence-electron chi connectivity index (χ3n) is 5.09. The van der Waals surface area contributed by atoms with Crippen LogP contribution in [0.4, 0.5) is 0 Å². The second-order valence-electron chi connectivity index (χ2n) is 6.14. The van der Waals surface area contributed by atoms with Gasteiger partial charge in [-0.05, 0) is 25.0 Å². The molecule has 3 heterocycles. The molecule has 4 rings (SSSR count). The maximum absolute atomic E-state index is 12.3. The highest BCUT2D eigenvalue weighted by atomic mass is 16.4. The first-order valence-electron chi connectivity index (χ1n) is 7.62. The molecule has 0 aromatic carbocycles. The zero-order chi connectivity index (χ0) is 14.6. The smallest absolute Gasteiger partial charge is 0.166 e. The molecule has 1 aromatic heterocycles. The summed E-state index contributed by atoms with van der Waals surface area (Å²) in [6.45, 7) is 3.92. The average Bonchev–Trinajstić information content (AvgIpc) is 2.96. The molecule has 0 radical (unpaired) electrons. The van der Waals surface area contributed by atoms with Crippen LogP contribution in [0.3, 0.4) is 0 Å². The molecule has 0 amide bonds. The van der Waals surface area contributed by atoms with Crippen molar-refractivity contribution in [2.24, 2.45) is 11.1 Å². The molecule has 2 unspecified atom stereocenters. The third-order valence-corrected chi connectivity index (χ3v) is 5.09. The zero-order valence-electron chi connectivity index (χ0n) is 12.1. The van der Waals surface area contributed by atoms with Crippen molar-refractivity contribution in [1.82, 2.24) is 9.47 Å². The van der Waals surface area contributed by atoms with Crippen molar-refractivity contribution in [1.29, 1.82) is 0 Å². The fourth-order valence-corrected chi connectivity index (χ4v) is 4.17.